The molecule has 1 aromatic carbocycles. The van der Waals surface area contributed by atoms with E-state index in [0.717, 1.165) is 0 Å². The summed E-state index contributed by atoms with van der Waals surface area (Å²) in [7, 11) is 0. The number of aromatic nitrogens is 1. The van der Waals surface area contributed by atoms with Gasteiger partial charge in [-0.1, -0.05) is 31.2 Å². The van der Waals surface area contributed by atoms with Gasteiger partial charge in [0.1, 0.15) is 0 Å². The Morgan fingerprint density at radius 3 is 2.60 bits per heavy atom. The third-order valence-corrected chi connectivity index (χ3v) is 2.96. The van der Waals surface area contributed by atoms with Crippen molar-refractivity contribution in [1.82, 2.24) is 4.98 Å². The smallest absolute Gasteiger partial charge is 0.0422 e. The highest BCUT2D eigenvalue weighted by Crippen LogP contribution is 2.39. The van der Waals surface area contributed by atoms with Crippen LogP contribution in [0.2, 0.25) is 0 Å². The van der Waals surface area contributed by atoms with Crippen molar-refractivity contribution in [2.75, 3.05) is 0 Å². The van der Waals surface area contributed by atoms with Crippen LogP contribution in [0.5, 0.6) is 0 Å². The Labute approximate surface area is 89.5 Å². The minimum atomic E-state index is 1.20. The summed E-state index contributed by atoms with van der Waals surface area (Å²) < 4.78 is 0. The first-order valence-electron chi connectivity index (χ1n) is 5.15. The Morgan fingerprint density at radius 2 is 1.87 bits per heavy atom. The average Bonchev–Trinajstić information content (AvgIpc) is 2.87. The zero-order valence-corrected chi connectivity index (χ0v) is 8.62. The van der Waals surface area contributed by atoms with Crippen molar-refractivity contribution in [3.05, 3.63) is 65.3 Å². The van der Waals surface area contributed by atoms with E-state index in [1.165, 1.54) is 28.3 Å². The Balaban J connectivity index is 2.11. The zero-order valence-electron chi connectivity index (χ0n) is 8.62. The molecule has 73 valence electrons. The van der Waals surface area contributed by atoms with E-state index in [1.807, 2.05) is 12.3 Å². The lowest BCUT2D eigenvalue weighted by atomic mass is 9.96. The molecule has 1 heteroatoms. The number of aromatic amines is 1. The predicted molar refractivity (Wildman–Crippen MR) is 63.1 cm³/mol. The summed E-state index contributed by atoms with van der Waals surface area (Å²) in [5, 5.41) is 0. The van der Waals surface area contributed by atoms with E-state index >= 15 is 0 Å². The molecule has 0 saturated heterocycles. The quantitative estimate of drug-likeness (QED) is 0.715. The lowest BCUT2D eigenvalue weighted by molar-refractivity contribution is 1.25. The molecule has 0 amide bonds. The van der Waals surface area contributed by atoms with Crippen molar-refractivity contribution in [3.8, 4) is 0 Å². The molecule has 0 saturated carbocycles. The van der Waals surface area contributed by atoms with Gasteiger partial charge in [-0.25, -0.2) is 0 Å². The Hall–Kier alpha value is -1.76. The van der Waals surface area contributed by atoms with E-state index in [-0.39, 0.29) is 0 Å². The topological polar surface area (TPSA) is 15.8 Å². The van der Waals surface area contributed by atoms with E-state index in [1.54, 1.807) is 0 Å². The zero-order chi connectivity index (χ0) is 10.3. The van der Waals surface area contributed by atoms with Crippen molar-refractivity contribution in [2.45, 2.75) is 6.92 Å². The number of hydrogen-bond donors (Lipinski definition) is 1. The summed E-state index contributed by atoms with van der Waals surface area (Å²) >= 11 is 0. The van der Waals surface area contributed by atoms with Crippen LogP contribution in [0, 0.1) is 5.92 Å². The summed E-state index contributed by atoms with van der Waals surface area (Å²) in [6.07, 6.45) is 4.21. The molecule has 0 bridgehead atoms. The minimum absolute atomic E-state index is 1.20. The number of allylic oxidation sites excluding steroid dienone is 1. The molecule has 0 aliphatic heterocycles. The van der Waals surface area contributed by atoms with Gasteiger partial charge in [0.05, 0.1) is 0 Å². The Morgan fingerprint density at radius 1 is 1.00 bits per heavy atom. The molecule has 0 spiro atoms. The fourth-order valence-electron chi connectivity index (χ4n) is 2.15. The van der Waals surface area contributed by atoms with Crippen LogP contribution in [0.15, 0.2) is 42.6 Å². The molecule has 0 unspecified atom stereocenters. The largest absolute Gasteiger partial charge is 0.361 e. The van der Waals surface area contributed by atoms with Gasteiger partial charge in [-0.3, -0.25) is 0 Å². The van der Waals surface area contributed by atoms with Gasteiger partial charge in [0.25, 0.3) is 0 Å². The molecular weight excluding hydrogens is 182 g/mol. The van der Waals surface area contributed by atoms with Crippen LogP contribution in [-0.4, -0.2) is 4.98 Å². The summed E-state index contributed by atoms with van der Waals surface area (Å²) in [5.74, 6) is 1.35. The first kappa shape index (κ1) is 8.54. The van der Waals surface area contributed by atoms with E-state index in [4.69, 9.17) is 0 Å². The maximum atomic E-state index is 3.26. The second-order valence-electron chi connectivity index (χ2n) is 3.85. The van der Waals surface area contributed by atoms with Gasteiger partial charge in [0.15, 0.2) is 0 Å². The van der Waals surface area contributed by atoms with E-state index in [9.17, 15) is 0 Å². The van der Waals surface area contributed by atoms with Crippen molar-refractivity contribution < 1.29 is 0 Å². The number of fused-ring (bicyclic) bond motifs is 1. The van der Waals surface area contributed by atoms with Crippen LogP contribution in [0.25, 0.3) is 11.6 Å². The van der Waals surface area contributed by atoms with Crippen molar-refractivity contribution in [2.24, 2.45) is 0 Å². The Kier molecular flexibility index (Phi) is 1.78. The highest BCUT2D eigenvalue weighted by molar-refractivity contribution is 5.96. The molecule has 1 N–H and O–H groups in total. The number of H-pyrrole nitrogens is 1. The number of rotatable bonds is 1. The molecular formula is C14H12N. The van der Waals surface area contributed by atoms with Gasteiger partial charge in [0.2, 0.25) is 0 Å². The van der Waals surface area contributed by atoms with E-state index in [2.05, 4.69) is 48.3 Å². The van der Waals surface area contributed by atoms with E-state index < -0.39 is 0 Å². The van der Waals surface area contributed by atoms with Gasteiger partial charge in [-0.2, -0.15) is 0 Å². The van der Waals surface area contributed by atoms with Crippen molar-refractivity contribution in [3.63, 3.8) is 0 Å². The number of hydrogen-bond acceptors (Lipinski definition) is 0. The highest BCUT2D eigenvalue weighted by atomic mass is 14.7. The standard InChI is InChI=1S/C14H12N/c1-10-12-6-3-2-5-11(12)9-13(10)14-7-4-8-15-14/h2-9,15H,1H3. The van der Waals surface area contributed by atoms with Gasteiger partial charge in [-0.05, 0) is 34.9 Å². The molecule has 0 atom stereocenters. The molecule has 1 nitrogen and oxygen atoms in total. The normalized spacial score (nSPS) is 15.1. The van der Waals surface area contributed by atoms with Crippen LogP contribution in [0.1, 0.15) is 23.7 Å². The first-order chi connectivity index (χ1) is 7.36. The Bertz CT molecular complexity index is 506. The summed E-state index contributed by atoms with van der Waals surface area (Å²) in [5.41, 5.74) is 5.17. The third-order valence-electron chi connectivity index (χ3n) is 2.96. The van der Waals surface area contributed by atoms with Crippen molar-refractivity contribution >= 4 is 11.6 Å². The second kappa shape index (κ2) is 3.13. The van der Waals surface area contributed by atoms with Crippen molar-refractivity contribution in [1.29, 1.82) is 0 Å². The molecule has 1 aliphatic carbocycles. The fraction of sp³-hybridized carbons (Fsp3) is 0.0714. The maximum Gasteiger partial charge on any atom is 0.0422 e. The highest BCUT2D eigenvalue weighted by Gasteiger charge is 2.22. The van der Waals surface area contributed by atoms with Crippen LogP contribution >= 0.6 is 0 Å². The van der Waals surface area contributed by atoms with Gasteiger partial charge in [-0.15, -0.1) is 0 Å². The summed E-state index contributed by atoms with van der Waals surface area (Å²) in [6, 6.07) is 12.7. The summed E-state index contributed by atoms with van der Waals surface area (Å²) in [6.45, 7) is 2.18. The maximum absolute atomic E-state index is 3.26. The van der Waals surface area contributed by atoms with Crippen LogP contribution in [0.4, 0.5) is 0 Å². The SMILES string of the molecule is C[C]1C(c2ccc[nH]2)=Cc2ccccc21. The average molecular weight is 194 g/mol. The molecule has 15 heavy (non-hydrogen) atoms. The first-order valence-corrected chi connectivity index (χ1v) is 5.15. The number of benzene rings is 1. The molecule has 0 fully saturated rings. The minimum Gasteiger partial charge on any atom is -0.361 e. The number of nitrogens with one attached hydrogen (secondary N) is 1. The monoisotopic (exact) mass is 194 g/mol. The lowest BCUT2D eigenvalue weighted by Crippen LogP contribution is -1.93. The van der Waals surface area contributed by atoms with Gasteiger partial charge < -0.3 is 4.98 Å². The van der Waals surface area contributed by atoms with E-state index in [0.29, 0.717) is 0 Å². The van der Waals surface area contributed by atoms with Gasteiger partial charge >= 0.3 is 0 Å². The second-order valence-corrected chi connectivity index (χ2v) is 3.85. The molecule has 1 heterocycles. The molecule has 1 aliphatic rings. The molecule has 2 aromatic rings. The predicted octanol–water partition coefficient (Wildman–Crippen LogP) is 3.51. The summed E-state index contributed by atoms with van der Waals surface area (Å²) in [4.78, 5) is 3.26. The van der Waals surface area contributed by atoms with Crippen LogP contribution < -0.4 is 0 Å². The third kappa shape index (κ3) is 1.23. The van der Waals surface area contributed by atoms with Crippen LogP contribution in [0.3, 0.4) is 0 Å². The molecule has 3 rings (SSSR count). The molecule has 1 radical (unpaired) electrons. The fourth-order valence-corrected chi connectivity index (χ4v) is 2.15. The molecule has 1 aromatic heterocycles. The van der Waals surface area contributed by atoms with Crippen LogP contribution in [-0.2, 0) is 0 Å². The lowest BCUT2D eigenvalue weighted by Gasteiger charge is -2.08. The van der Waals surface area contributed by atoms with Gasteiger partial charge in [0, 0.05) is 17.8 Å².